The normalized spacial score (nSPS) is 11.8. The van der Waals surface area contributed by atoms with Crippen LogP contribution in [-0.4, -0.2) is 9.52 Å². The van der Waals surface area contributed by atoms with Gasteiger partial charge in [-0.25, -0.2) is 0 Å². The van der Waals surface area contributed by atoms with E-state index in [4.69, 9.17) is 17.0 Å². The van der Waals surface area contributed by atoms with Gasteiger partial charge in [0.1, 0.15) is 0 Å². The van der Waals surface area contributed by atoms with Gasteiger partial charge in [0.25, 0.3) is 0 Å². The van der Waals surface area contributed by atoms with Crippen LogP contribution in [0, 0.1) is 0 Å². The number of hydrogen-bond acceptors (Lipinski definition) is 0. The predicted molar refractivity (Wildman–Crippen MR) is 290 cm³/mol. The van der Waals surface area contributed by atoms with Gasteiger partial charge in [-0.3, -0.25) is 0 Å². The van der Waals surface area contributed by atoms with Crippen LogP contribution in [0.15, 0.2) is 84.9 Å². The van der Waals surface area contributed by atoms with E-state index in [1.54, 1.807) is 0 Å². The zero-order chi connectivity index (χ0) is 48.1. The first-order valence-corrected chi connectivity index (χ1v) is 32.7. The molecule has 0 amide bonds. The second kappa shape index (κ2) is 25.8. The molecule has 0 aliphatic carbocycles. The summed E-state index contributed by atoms with van der Waals surface area (Å²) in [7, 11) is 11.0. The zero-order valence-corrected chi connectivity index (χ0v) is 48.4. The quantitative estimate of drug-likeness (QED) is 0.0847. The van der Waals surface area contributed by atoms with Crippen molar-refractivity contribution in [3.63, 3.8) is 0 Å². The summed E-state index contributed by atoms with van der Waals surface area (Å²) in [6.45, 7) is 41.3. The van der Waals surface area contributed by atoms with Crippen molar-refractivity contribution in [1.82, 2.24) is 0 Å². The third-order valence-corrected chi connectivity index (χ3v) is 12.4. The van der Waals surface area contributed by atoms with E-state index in [1.807, 2.05) is 0 Å². The average Bonchev–Trinajstić information content (AvgIpc) is 3.85. The summed E-state index contributed by atoms with van der Waals surface area (Å²) >= 11 is -0.826. The van der Waals surface area contributed by atoms with E-state index in [1.165, 1.54) is 127 Å². The Morgan fingerprint density at radius 2 is 0.781 bits per heavy atom. The Kier molecular flexibility index (Phi) is 22.6. The molecule has 0 aromatic heterocycles. The number of hydrogen-bond donors (Lipinski definition) is 0. The number of fused-ring (bicyclic) bond motifs is 2. The summed E-state index contributed by atoms with van der Waals surface area (Å²) in [5, 5.41) is 5.64. The second-order valence-electron chi connectivity index (χ2n) is 21.4. The number of rotatable bonds is 12. The van der Waals surface area contributed by atoms with Crippen LogP contribution in [0.2, 0.25) is 13.1 Å². The number of benzene rings is 4. The first kappa shape index (κ1) is 56.1. The molecule has 6 aromatic carbocycles. The number of aryl methyl sites for hydroxylation is 2. The molecular weight excluding hydrogens is 911 g/mol. The molecular formula is C60H84Cl2SiZr. The summed E-state index contributed by atoms with van der Waals surface area (Å²) in [4.78, 5) is 0. The summed E-state index contributed by atoms with van der Waals surface area (Å²) in [6.07, 6.45) is 7.37. The van der Waals surface area contributed by atoms with E-state index in [0.29, 0.717) is 23.7 Å². The Morgan fingerprint density at radius 3 is 1.02 bits per heavy atom. The van der Waals surface area contributed by atoms with Crippen LogP contribution >= 0.6 is 17.0 Å². The fourth-order valence-corrected chi connectivity index (χ4v) is 8.59. The molecule has 64 heavy (non-hydrogen) atoms. The summed E-state index contributed by atoms with van der Waals surface area (Å²) in [6, 6.07) is 33.8. The van der Waals surface area contributed by atoms with Crippen molar-refractivity contribution in [2.75, 3.05) is 0 Å². The first-order chi connectivity index (χ1) is 30.1. The van der Waals surface area contributed by atoms with E-state index < -0.39 is 20.8 Å². The van der Waals surface area contributed by atoms with Crippen LogP contribution < -0.4 is 0 Å². The van der Waals surface area contributed by atoms with Crippen molar-refractivity contribution < 1.29 is 20.8 Å². The fourth-order valence-electron chi connectivity index (χ4n) is 8.59. The van der Waals surface area contributed by atoms with Gasteiger partial charge in [-0.15, -0.1) is 69.1 Å². The van der Waals surface area contributed by atoms with Crippen molar-refractivity contribution in [3.8, 4) is 22.3 Å². The Hall–Kier alpha value is -2.22. The molecule has 6 aromatic rings. The molecule has 2 radical (unpaired) electrons. The van der Waals surface area contributed by atoms with Crippen molar-refractivity contribution in [1.29, 1.82) is 0 Å². The molecule has 0 bridgehead atoms. The Balaban J connectivity index is 0.000000303. The molecule has 0 heterocycles. The molecule has 4 heteroatoms. The van der Waals surface area contributed by atoms with Gasteiger partial charge in [0.15, 0.2) is 0 Å². The van der Waals surface area contributed by atoms with Gasteiger partial charge in [0, 0.05) is 9.52 Å². The van der Waals surface area contributed by atoms with Gasteiger partial charge in [0.2, 0.25) is 0 Å². The fraction of sp³-hybridized carbons (Fsp3) is 0.500. The second-order valence-corrected chi connectivity index (χ2v) is 26.1. The van der Waals surface area contributed by atoms with Crippen molar-refractivity contribution in [2.45, 2.75) is 197 Å². The molecule has 0 spiro atoms. The van der Waals surface area contributed by atoms with Gasteiger partial charge in [-0.1, -0.05) is 208 Å². The molecule has 346 valence electrons. The molecule has 0 saturated carbocycles. The summed E-state index contributed by atoms with van der Waals surface area (Å²) in [5.41, 5.74) is 17.5. The third kappa shape index (κ3) is 15.4. The molecule has 0 saturated heterocycles. The molecule has 0 nitrogen and oxygen atoms in total. The van der Waals surface area contributed by atoms with Gasteiger partial charge < -0.3 is 0 Å². The van der Waals surface area contributed by atoms with E-state index in [0.717, 1.165) is 9.52 Å². The van der Waals surface area contributed by atoms with Gasteiger partial charge in [-0.05, 0) is 80.7 Å². The van der Waals surface area contributed by atoms with E-state index in [9.17, 15) is 0 Å². The van der Waals surface area contributed by atoms with E-state index in [2.05, 4.69) is 209 Å². The Morgan fingerprint density at radius 1 is 0.500 bits per heavy atom. The van der Waals surface area contributed by atoms with E-state index in [-0.39, 0.29) is 10.8 Å². The number of halogens is 2. The molecule has 0 unspecified atom stereocenters. The van der Waals surface area contributed by atoms with Crippen LogP contribution in [0.3, 0.4) is 0 Å². The molecule has 0 fully saturated rings. The summed E-state index contributed by atoms with van der Waals surface area (Å²) < 4.78 is 0. The minimum absolute atomic E-state index is 0.107. The standard InChI is InChI=1S/2C29H39.C2H6Si.2ClH.Zr/c2*1-9-10-11-21-14-22-12-13-27(29(6,7)8)28(26(22)15-21)25-17-23(19(2)3)16-24(18-25)20(4)5;1-3-2;;;/h2*12-20H,9-11H2,1-8H3;1-2H3;2*1H;/q2*-1;;;;+4/p-2. The maximum absolute atomic E-state index is 4.93. The van der Waals surface area contributed by atoms with Crippen LogP contribution in [-0.2, 0) is 44.5 Å². The molecule has 0 N–H and O–H groups in total. The van der Waals surface area contributed by atoms with Crippen molar-refractivity contribution >= 4 is 48.1 Å². The number of unbranched alkanes of at least 4 members (excludes halogenated alkanes) is 2. The average molecular weight is 996 g/mol. The molecule has 6 rings (SSSR count). The Bertz CT molecular complexity index is 2120. The van der Waals surface area contributed by atoms with Crippen molar-refractivity contribution in [3.05, 3.63) is 129 Å². The minimum atomic E-state index is -0.826. The van der Waals surface area contributed by atoms with Crippen molar-refractivity contribution in [2.24, 2.45) is 0 Å². The molecule has 0 aliphatic heterocycles. The molecule has 0 atom stereocenters. The first-order valence-electron chi connectivity index (χ1n) is 24.4. The topological polar surface area (TPSA) is 0 Å². The third-order valence-electron chi connectivity index (χ3n) is 12.4. The summed E-state index contributed by atoms with van der Waals surface area (Å²) in [5.74, 6) is 2.13. The predicted octanol–water partition coefficient (Wildman–Crippen LogP) is 20.4. The van der Waals surface area contributed by atoms with Crippen LogP contribution in [0.25, 0.3) is 43.8 Å². The maximum atomic E-state index is 4.93. The van der Waals surface area contributed by atoms with Crippen LogP contribution in [0.4, 0.5) is 0 Å². The van der Waals surface area contributed by atoms with Gasteiger partial charge in [-0.2, -0.15) is 12.1 Å². The molecule has 0 aliphatic rings. The monoisotopic (exact) mass is 992 g/mol. The van der Waals surface area contributed by atoms with Gasteiger partial charge in [0.05, 0.1) is 0 Å². The van der Waals surface area contributed by atoms with Gasteiger partial charge >= 0.3 is 37.9 Å². The van der Waals surface area contributed by atoms with Crippen LogP contribution in [0.1, 0.15) is 205 Å². The SMILES string of the molecule is CCCCc1cc2c(-c3cc(C(C)C)cc(C(C)C)c3)c(C(C)(C)C)ccc2[cH-]1.CCCCc1cc2c(-c3cc(C(C)C)cc(C(C)C)c3)c(C(C)(C)C)ccc2[cH-]1.C[Si]C.[Cl][Zr+2][Cl]. The van der Waals surface area contributed by atoms with E-state index >= 15 is 0 Å². The Labute approximate surface area is 414 Å². The zero-order valence-electron chi connectivity index (χ0n) is 43.4. The van der Waals surface area contributed by atoms with Crippen LogP contribution in [0.5, 0.6) is 0 Å².